The van der Waals surface area contributed by atoms with Gasteiger partial charge in [-0.1, -0.05) is 15.9 Å². The van der Waals surface area contributed by atoms with Crippen molar-refractivity contribution in [3.05, 3.63) is 66.9 Å². The van der Waals surface area contributed by atoms with Gasteiger partial charge in [0, 0.05) is 16.6 Å². The summed E-state index contributed by atoms with van der Waals surface area (Å²) in [5, 5.41) is 21.4. The predicted molar refractivity (Wildman–Crippen MR) is 73.9 cm³/mol. The van der Waals surface area contributed by atoms with Gasteiger partial charge >= 0.3 is 0 Å². The molecule has 9 heteroatoms. The largest absolute Gasteiger partial charge is 0.457 e. The van der Waals surface area contributed by atoms with Gasteiger partial charge in [0.15, 0.2) is 0 Å². The molecule has 108 valence electrons. The molecule has 0 saturated heterocycles. The minimum Gasteiger partial charge on any atom is -0.457 e. The Morgan fingerprint density at radius 3 is 2.00 bits per heavy atom. The topological polar surface area (TPSA) is 95.5 Å². The Hall–Kier alpha value is -2.55. The van der Waals surface area contributed by atoms with Gasteiger partial charge in [0.2, 0.25) is 0 Å². The Morgan fingerprint density at radius 1 is 0.905 bits per heavy atom. The number of rotatable bonds is 4. The van der Waals surface area contributed by atoms with Crippen LogP contribution in [0.1, 0.15) is 0 Å². The molecule has 0 radical (unpaired) electrons. The van der Waals surface area contributed by atoms with E-state index in [1.54, 1.807) is 0 Å². The average molecular weight is 357 g/mol. The minimum atomic E-state index is -0.844. The van der Waals surface area contributed by atoms with Crippen molar-refractivity contribution in [3.8, 4) is 11.5 Å². The fourth-order valence-electron chi connectivity index (χ4n) is 1.56. The first-order valence-corrected chi connectivity index (χ1v) is 6.22. The molecule has 7 nitrogen and oxygen atoms in total. The fourth-order valence-corrected chi connectivity index (χ4v) is 2.02. The van der Waals surface area contributed by atoms with Crippen molar-refractivity contribution >= 4 is 27.3 Å². The maximum absolute atomic E-state index is 13.3. The van der Waals surface area contributed by atoms with E-state index in [1.165, 1.54) is 12.1 Å². The van der Waals surface area contributed by atoms with Crippen LogP contribution >= 0.6 is 15.9 Å². The molecule has 0 N–H and O–H groups in total. The standard InChI is InChI=1S/C12H6BrFN2O5/c13-7-1-9(15(17)18)5-11(2-7)21-12-4-8(14)3-10(6-12)16(19)20/h1-6H. The van der Waals surface area contributed by atoms with Crippen LogP contribution in [0.5, 0.6) is 11.5 Å². The van der Waals surface area contributed by atoms with Gasteiger partial charge in [-0.05, 0) is 6.07 Å². The summed E-state index contributed by atoms with van der Waals surface area (Å²) in [5.41, 5.74) is -0.709. The summed E-state index contributed by atoms with van der Waals surface area (Å²) in [6.45, 7) is 0. The van der Waals surface area contributed by atoms with Crippen LogP contribution in [-0.4, -0.2) is 9.85 Å². The zero-order chi connectivity index (χ0) is 15.6. The number of nitro groups is 2. The summed E-state index contributed by atoms with van der Waals surface area (Å²) in [6, 6.07) is 6.53. The van der Waals surface area contributed by atoms with Crippen molar-refractivity contribution in [2.75, 3.05) is 0 Å². The van der Waals surface area contributed by atoms with Crippen LogP contribution < -0.4 is 4.74 Å². The van der Waals surface area contributed by atoms with Crippen LogP contribution in [0, 0.1) is 26.0 Å². The lowest BCUT2D eigenvalue weighted by Gasteiger charge is -2.06. The molecule has 0 aliphatic rings. The molecule has 0 atom stereocenters. The summed E-state index contributed by atoms with van der Waals surface area (Å²) < 4.78 is 18.9. The van der Waals surface area contributed by atoms with Crippen molar-refractivity contribution in [1.29, 1.82) is 0 Å². The second-order valence-corrected chi connectivity index (χ2v) is 4.82. The lowest BCUT2D eigenvalue weighted by molar-refractivity contribution is -0.385. The van der Waals surface area contributed by atoms with Gasteiger partial charge in [-0.25, -0.2) is 4.39 Å². The van der Waals surface area contributed by atoms with E-state index in [0.29, 0.717) is 4.47 Å². The highest BCUT2D eigenvalue weighted by molar-refractivity contribution is 9.10. The monoisotopic (exact) mass is 356 g/mol. The van der Waals surface area contributed by atoms with E-state index in [2.05, 4.69) is 15.9 Å². The number of benzene rings is 2. The summed E-state index contributed by atoms with van der Waals surface area (Å²) in [7, 11) is 0. The Morgan fingerprint density at radius 2 is 1.43 bits per heavy atom. The predicted octanol–water partition coefficient (Wildman–Crippen LogP) is 4.20. The summed E-state index contributed by atoms with van der Waals surface area (Å²) in [5.74, 6) is -0.922. The molecule has 2 aromatic rings. The van der Waals surface area contributed by atoms with Crippen LogP contribution in [0.4, 0.5) is 15.8 Å². The van der Waals surface area contributed by atoms with Crippen LogP contribution in [0.3, 0.4) is 0 Å². The molecular formula is C12H6BrFN2O5. The maximum atomic E-state index is 13.3. The van der Waals surface area contributed by atoms with Crippen molar-refractivity contribution in [2.45, 2.75) is 0 Å². The summed E-state index contributed by atoms with van der Waals surface area (Å²) in [4.78, 5) is 20.0. The van der Waals surface area contributed by atoms with Gasteiger partial charge in [0.1, 0.15) is 17.3 Å². The van der Waals surface area contributed by atoms with Crippen LogP contribution in [0.2, 0.25) is 0 Å². The molecule has 0 spiro atoms. The zero-order valence-corrected chi connectivity index (χ0v) is 11.7. The molecule has 21 heavy (non-hydrogen) atoms. The Bertz CT molecular complexity index is 676. The zero-order valence-electron chi connectivity index (χ0n) is 10.2. The molecular weight excluding hydrogens is 351 g/mol. The number of nitro benzene ring substituents is 2. The average Bonchev–Trinajstić information content (AvgIpc) is 2.37. The van der Waals surface area contributed by atoms with E-state index in [4.69, 9.17) is 4.74 Å². The lowest BCUT2D eigenvalue weighted by Crippen LogP contribution is -1.93. The maximum Gasteiger partial charge on any atom is 0.276 e. The number of hydrogen-bond acceptors (Lipinski definition) is 5. The number of hydrogen-bond donors (Lipinski definition) is 0. The van der Waals surface area contributed by atoms with Gasteiger partial charge in [-0.2, -0.15) is 0 Å². The molecule has 0 amide bonds. The highest BCUT2D eigenvalue weighted by atomic mass is 79.9. The van der Waals surface area contributed by atoms with Crippen molar-refractivity contribution in [1.82, 2.24) is 0 Å². The molecule has 0 heterocycles. The van der Waals surface area contributed by atoms with E-state index < -0.39 is 21.4 Å². The third-order valence-corrected chi connectivity index (χ3v) is 2.83. The van der Waals surface area contributed by atoms with E-state index in [1.807, 2.05) is 0 Å². The normalized spacial score (nSPS) is 10.2. The van der Waals surface area contributed by atoms with Gasteiger partial charge in [-0.3, -0.25) is 20.2 Å². The third-order valence-electron chi connectivity index (χ3n) is 2.37. The first-order valence-electron chi connectivity index (χ1n) is 5.43. The van der Waals surface area contributed by atoms with E-state index >= 15 is 0 Å². The highest BCUT2D eigenvalue weighted by Gasteiger charge is 2.14. The van der Waals surface area contributed by atoms with Crippen LogP contribution in [-0.2, 0) is 0 Å². The third kappa shape index (κ3) is 3.72. The van der Waals surface area contributed by atoms with E-state index in [0.717, 1.165) is 24.3 Å². The fraction of sp³-hybridized carbons (Fsp3) is 0. The van der Waals surface area contributed by atoms with Crippen LogP contribution in [0.25, 0.3) is 0 Å². The van der Waals surface area contributed by atoms with Crippen molar-refractivity contribution < 1.29 is 19.0 Å². The van der Waals surface area contributed by atoms with E-state index in [9.17, 15) is 24.6 Å². The minimum absolute atomic E-state index is 0.0518. The number of halogens is 2. The Kier molecular flexibility index (Phi) is 4.13. The molecule has 2 rings (SSSR count). The molecule has 0 aromatic heterocycles. The molecule has 0 aliphatic carbocycles. The second kappa shape index (κ2) is 5.83. The first-order chi connectivity index (χ1) is 9.85. The Labute approximate surface area is 125 Å². The molecule has 0 saturated carbocycles. The molecule has 0 bridgehead atoms. The van der Waals surface area contributed by atoms with Gasteiger partial charge in [-0.15, -0.1) is 0 Å². The smallest absolute Gasteiger partial charge is 0.276 e. The van der Waals surface area contributed by atoms with Gasteiger partial charge in [0.05, 0.1) is 28.0 Å². The van der Waals surface area contributed by atoms with Crippen molar-refractivity contribution in [3.63, 3.8) is 0 Å². The highest BCUT2D eigenvalue weighted by Crippen LogP contribution is 2.31. The molecule has 0 unspecified atom stereocenters. The second-order valence-electron chi connectivity index (χ2n) is 3.91. The van der Waals surface area contributed by atoms with Gasteiger partial charge < -0.3 is 4.74 Å². The SMILES string of the molecule is O=[N+]([O-])c1cc(F)cc(Oc2cc(Br)cc([N+](=O)[O-])c2)c1. The molecule has 0 aliphatic heterocycles. The van der Waals surface area contributed by atoms with Gasteiger partial charge in [0.25, 0.3) is 11.4 Å². The van der Waals surface area contributed by atoms with Crippen LogP contribution in [0.15, 0.2) is 40.9 Å². The lowest BCUT2D eigenvalue weighted by atomic mass is 10.3. The number of non-ortho nitro benzene ring substituents is 2. The molecule has 0 fully saturated rings. The molecule has 2 aromatic carbocycles. The number of ether oxygens (including phenoxy) is 1. The van der Waals surface area contributed by atoms with E-state index in [-0.39, 0.29) is 17.2 Å². The Balaban J connectivity index is 2.38. The van der Waals surface area contributed by atoms with Crippen molar-refractivity contribution in [2.24, 2.45) is 0 Å². The summed E-state index contributed by atoms with van der Waals surface area (Å²) >= 11 is 3.08. The first kappa shape index (κ1) is 14.9. The summed E-state index contributed by atoms with van der Waals surface area (Å²) in [6.07, 6.45) is 0. The number of nitrogens with zero attached hydrogens (tertiary/aromatic N) is 2. The quantitative estimate of drug-likeness (QED) is 0.604.